The van der Waals surface area contributed by atoms with Gasteiger partial charge in [-0.25, -0.2) is 9.67 Å². The van der Waals surface area contributed by atoms with Crippen molar-refractivity contribution in [1.82, 2.24) is 24.9 Å². The van der Waals surface area contributed by atoms with Crippen molar-refractivity contribution in [3.8, 4) is 11.3 Å². The number of anilines is 2. The van der Waals surface area contributed by atoms with Gasteiger partial charge < -0.3 is 15.2 Å². The van der Waals surface area contributed by atoms with E-state index in [0.717, 1.165) is 5.56 Å². The molecule has 0 fully saturated rings. The lowest BCUT2D eigenvalue weighted by Gasteiger charge is -2.12. The first kappa shape index (κ1) is 19.0. The summed E-state index contributed by atoms with van der Waals surface area (Å²) in [7, 11) is 0. The highest BCUT2D eigenvalue weighted by Gasteiger charge is 2.16. The second-order valence-electron chi connectivity index (χ2n) is 6.39. The Labute approximate surface area is 170 Å². The van der Waals surface area contributed by atoms with Crippen LogP contribution in [0.4, 0.5) is 11.4 Å². The average molecular weight is 403 g/mol. The highest BCUT2D eigenvalue weighted by molar-refractivity contribution is 6.03. The number of amides is 2. The van der Waals surface area contributed by atoms with Crippen molar-refractivity contribution in [2.24, 2.45) is 0 Å². The molecule has 30 heavy (non-hydrogen) atoms. The van der Waals surface area contributed by atoms with Gasteiger partial charge in [0.2, 0.25) is 5.91 Å². The third-order valence-corrected chi connectivity index (χ3v) is 4.31. The number of rotatable bonds is 6. The van der Waals surface area contributed by atoms with Crippen LogP contribution in [0.2, 0.25) is 0 Å². The maximum Gasteiger partial charge on any atom is 0.277 e. The van der Waals surface area contributed by atoms with Gasteiger partial charge in [-0.1, -0.05) is 5.16 Å². The number of nitrogens with one attached hydrogen (secondary N) is 2. The van der Waals surface area contributed by atoms with Crippen molar-refractivity contribution in [2.45, 2.75) is 13.0 Å². The predicted molar refractivity (Wildman–Crippen MR) is 107 cm³/mol. The lowest BCUT2D eigenvalue weighted by atomic mass is 10.2. The zero-order valence-electron chi connectivity index (χ0n) is 15.9. The van der Waals surface area contributed by atoms with Crippen LogP contribution in [0.15, 0.2) is 72.0 Å². The van der Waals surface area contributed by atoms with Crippen LogP contribution in [-0.2, 0) is 4.79 Å². The molecule has 0 spiro atoms. The highest BCUT2D eigenvalue weighted by Crippen LogP contribution is 2.20. The number of carbonyl (C=O) groups excluding carboxylic acids is 2. The van der Waals surface area contributed by atoms with Crippen LogP contribution >= 0.6 is 0 Å². The monoisotopic (exact) mass is 403 g/mol. The second-order valence-corrected chi connectivity index (χ2v) is 6.39. The van der Waals surface area contributed by atoms with Crippen molar-refractivity contribution >= 4 is 23.2 Å². The SMILES string of the molecule is CC(C(=O)Nc1ccc(NC(=O)c2cc(-c3cccnc3)on2)cc1)n1cncn1. The molecule has 0 aliphatic heterocycles. The normalized spacial score (nSPS) is 11.6. The number of pyridine rings is 1. The van der Waals surface area contributed by atoms with E-state index in [9.17, 15) is 9.59 Å². The first-order valence-corrected chi connectivity index (χ1v) is 9.03. The number of hydrogen-bond acceptors (Lipinski definition) is 7. The van der Waals surface area contributed by atoms with Crippen LogP contribution in [0, 0.1) is 0 Å². The first-order valence-electron chi connectivity index (χ1n) is 9.03. The summed E-state index contributed by atoms with van der Waals surface area (Å²) in [5.74, 6) is -0.193. The fourth-order valence-corrected chi connectivity index (χ4v) is 2.64. The van der Waals surface area contributed by atoms with Crippen LogP contribution in [0.1, 0.15) is 23.5 Å². The molecule has 3 heterocycles. The van der Waals surface area contributed by atoms with Crippen molar-refractivity contribution in [2.75, 3.05) is 10.6 Å². The van der Waals surface area contributed by atoms with E-state index >= 15 is 0 Å². The van der Waals surface area contributed by atoms with Crippen molar-refractivity contribution in [1.29, 1.82) is 0 Å². The zero-order chi connectivity index (χ0) is 20.9. The Kier molecular flexibility index (Phi) is 5.29. The molecule has 0 bridgehead atoms. The third kappa shape index (κ3) is 4.22. The summed E-state index contributed by atoms with van der Waals surface area (Å²) in [6.45, 7) is 1.72. The van der Waals surface area contributed by atoms with Crippen LogP contribution < -0.4 is 10.6 Å². The number of carbonyl (C=O) groups is 2. The fourth-order valence-electron chi connectivity index (χ4n) is 2.64. The Bertz CT molecular complexity index is 1140. The number of hydrogen-bond donors (Lipinski definition) is 2. The molecule has 1 atom stereocenters. The Morgan fingerprint density at radius 2 is 1.83 bits per heavy atom. The summed E-state index contributed by atoms with van der Waals surface area (Å²) in [6, 6.07) is 11.3. The lowest BCUT2D eigenvalue weighted by Crippen LogP contribution is -2.24. The molecule has 0 saturated heterocycles. The molecule has 3 aromatic heterocycles. The molecule has 0 aliphatic rings. The largest absolute Gasteiger partial charge is 0.355 e. The number of benzene rings is 1. The van der Waals surface area contributed by atoms with E-state index in [4.69, 9.17) is 4.52 Å². The van der Waals surface area contributed by atoms with Crippen LogP contribution in [0.25, 0.3) is 11.3 Å². The molecular formula is C20H17N7O3. The van der Waals surface area contributed by atoms with Gasteiger partial charge in [-0.3, -0.25) is 14.6 Å². The Morgan fingerprint density at radius 3 is 2.50 bits per heavy atom. The van der Waals surface area contributed by atoms with Gasteiger partial charge in [-0.05, 0) is 43.3 Å². The second kappa shape index (κ2) is 8.35. The van der Waals surface area contributed by atoms with E-state index in [1.165, 1.54) is 17.3 Å². The van der Waals surface area contributed by atoms with Crippen LogP contribution in [0.3, 0.4) is 0 Å². The quantitative estimate of drug-likeness (QED) is 0.506. The van der Waals surface area contributed by atoms with Crippen LogP contribution in [-0.4, -0.2) is 36.7 Å². The van der Waals surface area contributed by atoms with Crippen molar-refractivity contribution < 1.29 is 14.1 Å². The summed E-state index contributed by atoms with van der Waals surface area (Å²) < 4.78 is 6.68. The third-order valence-electron chi connectivity index (χ3n) is 4.31. The van der Waals surface area contributed by atoms with Gasteiger partial charge in [-0.2, -0.15) is 5.10 Å². The van der Waals surface area contributed by atoms with Gasteiger partial charge in [0, 0.05) is 35.4 Å². The minimum Gasteiger partial charge on any atom is -0.355 e. The van der Waals surface area contributed by atoms with Gasteiger partial charge in [-0.15, -0.1) is 0 Å². The first-order chi connectivity index (χ1) is 14.6. The molecule has 0 radical (unpaired) electrons. The minimum absolute atomic E-state index is 0.146. The van der Waals surface area contributed by atoms with Crippen LogP contribution in [0.5, 0.6) is 0 Å². The van der Waals surface area contributed by atoms with E-state index in [0.29, 0.717) is 17.1 Å². The standard InChI is InChI=1S/C20H17N7O3/c1-13(27-12-22-11-23-27)19(28)24-15-4-6-16(7-5-15)25-20(29)17-9-18(30-26-17)14-3-2-8-21-10-14/h2-13H,1H3,(H,24,28)(H,25,29). The van der Waals surface area contributed by atoms with Gasteiger partial charge in [0.25, 0.3) is 5.91 Å². The topological polar surface area (TPSA) is 128 Å². The average Bonchev–Trinajstić information content (AvgIpc) is 3.48. The zero-order valence-corrected chi connectivity index (χ0v) is 15.9. The molecule has 10 heteroatoms. The van der Waals surface area contributed by atoms with Gasteiger partial charge in [0.15, 0.2) is 11.5 Å². The molecule has 0 saturated carbocycles. The van der Waals surface area contributed by atoms with Gasteiger partial charge in [0.05, 0.1) is 0 Å². The summed E-state index contributed by atoms with van der Waals surface area (Å²) in [5, 5.41) is 13.3. The molecule has 2 amide bonds. The van der Waals surface area contributed by atoms with E-state index in [1.807, 2.05) is 6.07 Å². The van der Waals surface area contributed by atoms with E-state index in [2.05, 4.69) is 30.9 Å². The lowest BCUT2D eigenvalue weighted by molar-refractivity contribution is -0.119. The minimum atomic E-state index is -0.506. The molecule has 2 N–H and O–H groups in total. The number of aromatic nitrogens is 5. The van der Waals surface area contributed by atoms with E-state index < -0.39 is 11.9 Å². The molecule has 150 valence electrons. The smallest absolute Gasteiger partial charge is 0.277 e. The molecule has 4 aromatic rings. The van der Waals surface area contributed by atoms with Gasteiger partial charge >= 0.3 is 0 Å². The maximum atomic E-state index is 12.4. The van der Waals surface area contributed by atoms with E-state index in [-0.39, 0.29) is 11.6 Å². The van der Waals surface area contributed by atoms with Crippen molar-refractivity contribution in [3.05, 3.63) is 73.2 Å². The molecule has 1 unspecified atom stereocenters. The molecule has 10 nitrogen and oxygen atoms in total. The molecular weight excluding hydrogens is 386 g/mol. The summed E-state index contributed by atoms with van der Waals surface area (Å²) in [5.41, 5.74) is 2.01. The van der Waals surface area contributed by atoms with Crippen molar-refractivity contribution in [3.63, 3.8) is 0 Å². The Balaban J connectivity index is 1.37. The van der Waals surface area contributed by atoms with Gasteiger partial charge in [0.1, 0.15) is 18.7 Å². The number of nitrogens with zero attached hydrogens (tertiary/aromatic N) is 5. The predicted octanol–water partition coefficient (Wildman–Crippen LogP) is 2.78. The summed E-state index contributed by atoms with van der Waals surface area (Å²) in [4.78, 5) is 32.5. The van der Waals surface area contributed by atoms with E-state index in [1.54, 1.807) is 55.7 Å². The maximum absolute atomic E-state index is 12.4. The fraction of sp³-hybridized carbons (Fsp3) is 0.100. The molecule has 0 aliphatic carbocycles. The summed E-state index contributed by atoms with van der Waals surface area (Å²) in [6.07, 6.45) is 6.12. The Hall–Kier alpha value is -4.34. The summed E-state index contributed by atoms with van der Waals surface area (Å²) >= 11 is 0. The molecule has 1 aromatic carbocycles. The highest BCUT2D eigenvalue weighted by atomic mass is 16.5. The Morgan fingerprint density at radius 1 is 1.07 bits per heavy atom. The molecule has 4 rings (SSSR count).